The number of aromatic nitrogens is 3. The molecule has 0 saturated carbocycles. The summed E-state index contributed by atoms with van der Waals surface area (Å²) in [5.74, 6) is 1.32. The van der Waals surface area contributed by atoms with Gasteiger partial charge in [0.05, 0.1) is 17.1 Å². The molecule has 3 aromatic heterocycles. The van der Waals surface area contributed by atoms with E-state index in [0.717, 1.165) is 4.88 Å². The van der Waals surface area contributed by atoms with Crippen LogP contribution < -0.4 is 0 Å². The Morgan fingerprint density at radius 1 is 1.36 bits per heavy atom. The minimum Gasteiger partial charge on any atom is -0.461 e. The summed E-state index contributed by atoms with van der Waals surface area (Å²) in [4.78, 5) is 9.53. The van der Waals surface area contributed by atoms with Gasteiger partial charge < -0.3 is 8.94 Å². The molecule has 6 nitrogen and oxygen atoms in total. The molecule has 0 radical (unpaired) electrons. The maximum Gasteiger partial charge on any atom is 0.240 e. The van der Waals surface area contributed by atoms with Crippen molar-refractivity contribution < 1.29 is 13.1 Å². The largest absolute Gasteiger partial charge is 0.461 e. The van der Waals surface area contributed by atoms with Gasteiger partial charge in [-0.3, -0.25) is 4.21 Å². The molecule has 1 atom stereocenters. The first-order valence-electron chi connectivity index (χ1n) is 6.64. The molecule has 0 aliphatic rings. The van der Waals surface area contributed by atoms with E-state index in [4.69, 9.17) is 8.94 Å². The molecule has 3 heterocycles. The second kappa shape index (κ2) is 5.77. The normalized spacial score (nSPS) is 13.4. The Morgan fingerprint density at radius 3 is 2.82 bits per heavy atom. The molecule has 0 unspecified atom stereocenters. The van der Waals surface area contributed by atoms with Crippen molar-refractivity contribution >= 4 is 22.1 Å². The molecule has 0 aliphatic carbocycles. The first kappa shape index (κ1) is 15.1. The number of hydrogen-bond acceptors (Lipinski definition) is 7. The molecule has 0 N–H and O–H groups in total. The quantitative estimate of drug-likeness (QED) is 0.726. The highest BCUT2D eigenvalue weighted by Gasteiger charge is 2.21. The molecule has 22 heavy (non-hydrogen) atoms. The van der Waals surface area contributed by atoms with Crippen LogP contribution in [0.15, 0.2) is 37.9 Å². The third kappa shape index (κ3) is 3.17. The van der Waals surface area contributed by atoms with Crippen LogP contribution in [0.5, 0.6) is 0 Å². The molecule has 3 aromatic rings. The highest BCUT2D eigenvalue weighted by molar-refractivity contribution is 7.86. The van der Waals surface area contributed by atoms with Crippen molar-refractivity contribution in [1.29, 1.82) is 0 Å². The van der Waals surface area contributed by atoms with Crippen molar-refractivity contribution in [2.24, 2.45) is 0 Å². The molecule has 0 bridgehead atoms. The Morgan fingerprint density at radius 2 is 2.18 bits per heavy atom. The third-order valence-electron chi connectivity index (χ3n) is 2.88. The van der Waals surface area contributed by atoms with E-state index < -0.39 is 10.8 Å². The first-order chi connectivity index (χ1) is 10.4. The van der Waals surface area contributed by atoms with Gasteiger partial charge in [-0.2, -0.15) is 4.98 Å². The van der Waals surface area contributed by atoms with Crippen molar-refractivity contribution in [2.45, 2.75) is 36.3 Å². The Bertz CT molecular complexity index is 784. The zero-order valence-electron chi connectivity index (χ0n) is 12.4. The monoisotopic (exact) mass is 337 g/mol. The van der Waals surface area contributed by atoms with Crippen LogP contribution in [0.1, 0.15) is 31.5 Å². The lowest BCUT2D eigenvalue weighted by atomic mass is 9.96. The predicted octanol–water partition coefficient (Wildman–Crippen LogP) is 3.39. The SMILES string of the molecule is CC(C)(C)c1cnc([S@@](=O)Cc2nc(-c3ccco3)no2)s1. The lowest BCUT2D eigenvalue weighted by Gasteiger charge is -2.14. The number of nitrogens with zero attached hydrogens (tertiary/aromatic N) is 3. The van der Waals surface area contributed by atoms with E-state index >= 15 is 0 Å². The summed E-state index contributed by atoms with van der Waals surface area (Å²) in [6.07, 6.45) is 3.31. The van der Waals surface area contributed by atoms with Gasteiger partial charge in [-0.1, -0.05) is 25.9 Å². The molecule has 0 aliphatic heterocycles. The molecule has 0 spiro atoms. The highest BCUT2D eigenvalue weighted by atomic mass is 32.2. The fourth-order valence-corrected chi connectivity index (χ4v) is 3.86. The first-order valence-corrected chi connectivity index (χ1v) is 8.78. The smallest absolute Gasteiger partial charge is 0.240 e. The van der Waals surface area contributed by atoms with Crippen molar-refractivity contribution in [1.82, 2.24) is 15.1 Å². The maximum atomic E-state index is 12.4. The summed E-state index contributed by atoms with van der Waals surface area (Å²) in [5.41, 5.74) is -0.00292. The van der Waals surface area contributed by atoms with Gasteiger partial charge in [0.1, 0.15) is 5.75 Å². The van der Waals surface area contributed by atoms with Gasteiger partial charge >= 0.3 is 0 Å². The molecule has 0 fully saturated rings. The fraction of sp³-hybridized carbons (Fsp3) is 0.357. The number of furan rings is 1. The van der Waals surface area contributed by atoms with E-state index in [2.05, 4.69) is 35.9 Å². The molecule has 116 valence electrons. The minimum absolute atomic E-state index is 0.00292. The highest BCUT2D eigenvalue weighted by Crippen LogP contribution is 2.29. The van der Waals surface area contributed by atoms with Crippen molar-refractivity contribution in [3.63, 3.8) is 0 Å². The van der Waals surface area contributed by atoms with Crippen LogP contribution in [0.2, 0.25) is 0 Å². The van der Waals surface area contributed by atoms with Gasteiger partial charge in [-0.15, -0.1) is 11.3 Å². The molecule has 0 amide bonds. The van der Waals surface area contributed by atoms with Crippen LogP contribution in [-0.4, -0.2) is 19.3 Å². The van der Waals surface area contributed by atoms with Crippen LogP contribution in [0.25, 0.3) is 11.6 Å². The van der Waals surface area contributed by atoms with E-state index in [-0.39, 0.29) is 11.2 Å². The van der Waals surface area contributed by atoms with E-state index in [1.807, 2.05) is 0 Å². The van der Waals surface area contributed by atoms with E-state index in [1.165, 1.54) is 17.6 Å². The molecule has 0 aromatic carbocycles. The average Bonchev–Trinajstić information content (AvgIpc) is 3.19. The lowest BCUT2D eigenvalue weighted by molar-refractivity contribution is 0.389. The van der Waals surface area contributed by atoms with Crippen molar-refractivity contribution in [2.75, 3.05) is 0 Å². The predicted molar refractivity (Wildman–Crippen MR) is 82.9 cm³/mol. The van der Waals surface area contributed by atoms with Crippen LogP contribution >= 0.6 is 11.3 Å². The van der Waals surface area contributed by atoms with Crippen LogP contribution in [0, 0.1) is 0 Å². The molecule has 3 rings (SSSR count). The van der Waals surface area contributed by atoms with E-state index in [1.54, 1.807) is 18.3 Å². The molecular formula is C14H15N3O3S2. The number of thiazole rings is 1. The minimum atomic E-state index is -1.30. The average molecular weight is 337 g/mol. The summed E-state index contributed by atoms with van der Waals surface area (Å²) < 4.78 is 23.2. The van der Waals surface area contributed by atoms with Gasteiger partial charge in [-0.25, -0.2) is 4.98 Å². The summed E-state index contributed by atoms with van der Waals surface area (Å²) >= 11 is 1.45. The Labute approximate surface area is 134 Å². The number of rotatable bonds is 4. The topological polar surface area (TPSA) is 82.0 Å². The van der Waals surface area contributed by atoms with Crippen LogP contribution in [0.4, 0.5) is 0 Å². The summed E-state index contributed by atoms with van der Waals surface area (Å²) in [6, 6.07) is 3.48. The second-order valence-corrected chi connectivity index (χ2v) is 8.37. The van der Waals surface area contributed by atoms with E-state index in [9.17, 15) is 4.21 Å². The second-order valence-electron chi connectivity index (χ2n) is 5.72. The van der Waals surface area contributed by atoms with Crippen molar-refractivity contribution in [3.8, 4) is 11.6 Å². The molecule has 0 saturated heterocycles. The lowest BCUT2D eigenvalue weighted by Crippen LogP contribution is -2.07. The van der Waals surface area contributed by atoms with Crippen LogP contribution in [0.3, 0.4) is 0 Å². The summed E-state index contributed by atoms with van der Waals surface area (Å²) in [5, 5.41) is 3.82. The summed E-state index contributed by atoms with van der Waals surface area (Å²) in [7, 11) is -1.30. The molecular weight excluding hydrogens is 322 g/mol. The van der Waals surface area contributed by atoms with Gasteiger partial charge in [0.15, 0.2) is 10.1 Å². The van der Waals surface area contributed by atoms with Gasteiger partial charge in [-0.05, 0) is 17.5 Å². The zero-order valence-corrected chi connectivity index (χ0v) is 14.0. The van der Waals surface area contributed by atoms with E-state index in [0.29, 0.717) is 21.8 Å². The standard InChI is InChI=1S/C14H15N3O3S2/c1-14(2,3)10-7-15-13(21-10)22(18)8-11-16-12(17-20-11)9-5-4-6-19-9/h4-7H,8H2,1-3H3/t22-/m0/s1. The van der Waals surface area contributed by atoms with Crippen molar-refractivity contribution in [3.05, 3.63) is 35.4 Å². The van der Waals surface area contributed by atoms with Crippen LogP contribution in [-0.2, 0) is 22.0 Å². The Hall–Kier alpha value is -1.80. The number of hydrogen-bond donors (Lipinski definition) is 0. The Balaban J connectivity index is 1.73. The van der Waals surface area contributed by atoms with Gasteiger partial charge in [0.25, 0.3) is 0 Å². The fourth-order valence-electron chi connectivity index (χ4n) is 1.70. The molecule has 8 heteroatoms. The third-order valence-corrected chi connectivity index (χ3v) is 5.91. The van der Waals surface area contributed by atoms with Gasteiger partial charge in [0.2, 0.25) is 11.7 Å². The Kier molecular flexibility index (Phi) is 3.96. The zero-order chi connectivity index (χ0) is 15.7. The van der Waals surface area contributed by atoms with Gasteiger partial charge in [0, 0.05) is 11.1 Å². The maximum absolute atomic E-state index is 12.4. The summed E-state index contributed by atoms with van der Waals surface area (Å²) in [6.45, 7) is 6.29.